The zero-order chi connectivity index (χ0) is 9.14. The normalized spacial score (nSPS) is 13.3. The Morgan fingerprint density at radius 2 is 2.33 bits per heavy atom. The van der Waals surface area contributed by atoms with E-state index >= 15 is 0 Å². The van der Waals surface area contributed by atoms with E-state index in [0.717, 1.165) is 11.8 Å². The van der Waals surface area contributed by atoms with Gasteiger partial charge in [0.25, 0.3) is 0 Å². The van der Waals surface area contributed by atoms with Gasteiger partial charge >= 0.3 is 0 Å². The van der Waals surface area contributed by atoms with Gasteiger partial charge in [-0.15, -0.1) is 0 Å². The number of alkyl halides is 1. The molecule has 68 valence electrons. The van der Waals surface area contributed by atoms with Crippen molar-refractivity contribution >= 4 is 15.9 Å². The zero-order valence-electron chi connectivity index (χ0n) is 7.84. The van der Waals surface area contributed by atoms with Crippen LogP contribution in [0.15, 0.2) is 6.20 Å². The van der Waals surface area contributed by atoms with Crippen LogP contribution in [0.2, 0.25) is 0 Å². The maximum absolute atomic E-state index is 4.20. The van der Waals surface area contributed by atoms with Crippen LogP contribution in [0.4, 0.5) is 0 Å². The van der Waals surface area contributed by atoms with Crippen molar-refractivity contribution < 1.29 is 0 Å². The van der Waals surface area contributed by atoms with E-state index in [2.05, 4.69) is 34.9 Å². The first-order valence-electron chi connectivity index (χ1n) is 4.18. The molecule has 1 aromatic rings. The lowest BCUT2D eigenvalue weighted by atomic mass is 10.0. The number of aryl methyl sites for hydroxylation is 1. The molecule has 0 fully saturated rings. The number of halogens is 1. The highest BCUT2D eigenvalue weighted by molar-refractivity contribution is 9.09. The molecule has 0 saturated carbocycles. The van der Waals surface area contributed by atoms with Crippen LogP contribution in [0.3, 0.4) is 0 Å². The van der Waals surface area contributed by atoms with Crippen LogP contribution in [0.5, 0.6) is 0 Å². The molecule has 0 aliphatic rings. The first-order chi connectivity index (χ1) is 5.65. The second-order valence-corrected chi connectivity index (χ2v) is 3.99. The monoisotopic (exact) mass is 230 g/mol. The van der Waals surface area contributed by atoms with Gasteiger partial charge in [0.1, 0.15) is 0 Å². The Hall–Kier alpha value is -0.310. The minimum Gasteiger partial charge on any atom is -0.273 e. The molecular formula is C9H15BrN2. The molecule has 3 heteroatoms. The van der Waals surface area contributed by atoms with Gasteiger partial charge in [-0.25, -0.2) is 0 Å². The van der Waals surface area contributed by atoms with Crippen molar-refractivity contribution in [3.8, 4) is 0 Å². The van der Waals surface area contributed by atoms with E-state index in [0.29, 0.717) is 5.92 Å². The first-order valence-corrected chi connectivity index (χ1v) is 5.30. The van der Waals surface area contributed by atoms with Gasteiger partial charge < -0.3 is 0 Å². The lowest BCUT2D eigenvalue weighted by Crippen LogP contribution is -2.02. The molecule has 0 aliphatic heterocycles. The second kappa shape index (κ2) is 4.08. The smallest absolute Gasteiger partial charge is 0.0524 e. The molecule has 0 spiro atoms. The van der Waals surface area contributed by atoms with E-state index in [1.54, 1.807) is 0 Å². The Balaban J connectivity index is 2.69. The van der Waals surface area contributed by atoms with Crippen molar-refractivity contribution in [2.24, 2.45) is 13.0 Å². The molecule has 1 heterocycles. The average Bonchev–Trinajstić information content (AvgIpc) is 2.36. The minimum absolute atomic E-state index is 0.688. The van der Waals surface area contributed by atoms with Gasteiger partial charge in [-0.2, -0.15) is 5.10 Å². The summed E-state index contributed by atoms with van der Waals surface area (Å²) in [6.07, 6.45) is 3.08. The molecule has 0 bridgehead atoms. The van der Waals surface area contributed by atoms with Crippen LogP contribution >= 0.6 is 15.9 Å². The molecule has 0 saturated heterocycles. The number of rotatable bonds is 3. The maximum Gasteiger partial charge on any atom is 0.0524 e. The molecule has 12 heavy (non-hydrogen) atoms. The molecule has 2 nitrogen and oxygen atoms in total. The first kappa shape index (κ1) is 9.78. The standard InChI is InChI=1S/C9H15BrN2/c1-7(5-10)4-9-6-11-12(3)8(9)2/h6-7H,4-5H2,1-3H3. The van der Waals surface area contributed by atoms with Gasteiger partial charge in [0.05, 0.1) is 6.20 Å². The number of hydrogen-bond donors (Lipinski definition) is 0. The van der Waals surface area contributed by atoms with Gasteiger partial charge in [-0.1, -0.05) is 22.9 Å². The molecule has 0 amide bonds. The van der Waals surface area contributed by atoms with Crippen molar-refractivity contribution in [1.29, 1.82) is 0 Å². The summed E-state index contributed by atoms with van der Waals surface area (Å²) in [5.41, 5.74) is 2.65. The molecule has 1 aromatic heterocycles. The fourth-order valence-corrected chi connectivity index (χ4v) is 1.40. The Kier molecular flexibility index (Phi) is 3.32. The third-order valence-corrected chi connectivity index (χ3v) is 3.27. The van der Waals surface area contributed by atoms with Crippen LogP contribution in [-0.4, -0.2) is 15.1 Å². The summed E-state index contributed by atoms with van der Waals surface area (Å²) < 4.78 is 1.93. The predicted octanol–water partition coefficient (Wildman–Crippen LogP) is 2.30. The van der Waals surface area contributed by atoms with Crippen LogP contribution < -0.4 is 0 Å². The molecule has 0 N–H and O–H groups in total. The Labute approximate surface area is 82.1 Å². The summed E-state index contributed by atoms with van der Waals surface area (Å²) in [5.74, 6) is 0.688. The molecule has 1 atom stereocenters. The van der Waals surface area contributed by atoms with Gasteiger partial charge in [0, 0.05) is 18.1 Å². The molecular weight excluding hydrogens is 216 g/mol. The van der Waals surface area contributed by atoms with Crippen molar-refractivity contribution in [3.05, 3.63) is 17.5 Å². The summed E-state index contributed by atoms with van der Waals surface area (Å²) in [5, 5.41) is 5.26. The van der Waals surface area contributed by atoms with Crippen LogP contribution in [0, 0.1) is 12.8 Å². The zero-order valence-corrected chi connectivity index (χ0v) is 9.43. The summed E-state index contributed by atoms with van der Waals surface area (Å²) in [4.78, 5) is 0. The van der Waals surface area contributed by atoms with E-state index in [1.165, 1.54) is 11.3 Å². The van der Waals surface area contributed by atoms with Gasteiger partial charge in [-0.3, -0.25) is 4.68 Å². The van der Waals surface area contributed by atoms with E-state index in [4.69, 9.17) is 0 Å². The van der Waals surface area contributed by atoms with Crippen LogP contribution in [0.1, 0.15) is 18.2 Å². The second-order valence-electron chi connectivity index (χ2n) is 3.34. The third-order valence-electron chi connectivity index (χ3n) is 2.17. The fraction of sp³-hybridized carbons (Fsp3) is 0.667. The van der Waals surface area contributed by atoms with E-state index in [-0.39, 0.29) is 0 Å². The van der Waals surface area contributed by atoms with Crippen LogP contribution in [0.25, 0.3) is 0 Å². The van der Waals surface area contributed by atoms with Crippen molar-refractivity contribution in [2.75, 3.05) is 5.33 Å². The van der Waals surface area contributed by atoms with E-state index < -0.39 is 0 Å². The lowest BCUT2D eigenvalue weighted by molar-refractivity contribution is 0.657. The number of aromatic nitrogens is 2. The van der Waals surface area contributed by atoms with Crippen molar-refractivity contribution in [1.82, 2.24) is 9.78 Å². The Morgan fingerprint density at radius 1 is 1.67 bits per heavy atom. The SMILES string of the molecule is Cc1c(CC(C)CBr)cnn1C. The highest BCUT2D eigenvalue weighted by Crippen LogP contribution is 2.13. The number of hydrogen-bond acceptors (Lipinski definition) is 1. The molecule has 1 unspecified atom stereocenters. The largest absolute Gasteiger partial charge is 0.273 e. The van der Waals surface area contributed by atoms with Gasteiger partial charge in [0.2, 0.25) is 0 Å². The lowest BCUT2D eigenvalue weighted by Gasteiger charge is -2.05. The summed E-state index contributed by atoms with van der Waals surface area (Å²) >= 11 is 3.48. The van der Waals surface area contributed by atoms with Crippen LogP contribution in [-0.2, 0) is 13.5 Å². The molecule has 0 radical (unpaired) electrons. The quantitative estimate of drug-likeness (QED) is 0.730. The third kappa shape index (κ3) is 2.09. The molecule has 1 rings (SSSR count). The van der Waals surface area contributed by atoms with Gasteiger partial charge in [0.15, 0.2) is 0 Å². The summed E-state index contributed by atoms with van der Waals surface area (Å²) in [6.45, 7) is 4.35. The van der Waals surface area contributed by atoms with E-state index in [1.807, 2.05) is 17.9 Å². The fourth-order valence-electron chi connectivity index (χ4n) is 1.17. The van der Waals surface area contributed by atoms with Crippen molar-refractivity contribution in [3.63, 3.8) is 0 Å². The Bertz CT molecular complexity index is 255. The topological polar surface area (TPSA) is 17.8 Å². The molecule has 0 aliphatic carbocycles. The summed E-state index contributed by atoms with van der Waals surface area (Å²) in [6, 6.07) is 0. The highest BCUT2D eigenvalue weighted by Gasteiger charge is 2.07. The highest BCUT2D eigenvalue weighted by atomic mass is 79.9. The Morgan fingerprint density at radius 3 is 2.75 bits per heavy atom. The van der Waals surface area contributed by atoms with Gasteiger partial charge in [-0.05, 0) is 24.8 Å². The van der Waals surface area contributed by atoms with E-state index in [9.17, 15) is 0 Å². The predicted molar refractivity (Wildman–Crippen MR) is 54.6 cm³/mol. The summed E-state index contributed by atoms with van der Waals surface area (Å²) in [7, 11) is 1.98. The number of nitrogens with zero attached hydrogens (tertiary/aromatic N) is 2. The maximum atomic E-state index is 4.20. The minimum atomic E-state index is 0.688. The van der Waals surface area contributed by atoms with Crippen molar-refractivity contribution in [2.45, 2.75) is 20.3 Å². The molecule has 0 aromatic carbocycles. The average molecular weight is 231 g/mol.